The topological polar surface area (TPSA) is 41.6 Å². The Morgan fingerprint density at radius 1 is 1.12 bits per heavy atom. The lowest BCUT2D eigenvalue weighted by molar-refractivity contribution is -0.122. The number of hydrogen-bond donors (Lipinski definition) is 1. The summed E-state index contributed by atoms with van der Waals surface area (Å²) in [6, 6.07) is 18.9. The van der Waals surface area contributed by atoms with Gasteiger partial charge in [-0.1, -0.05) is 48.5 Å². The molecule has 0 saturated carbocycles. The summed E-state index contributed by atoms with van der Waals surface area (Å²) in [5, 5.41) is 3.05. The van der Waals surface area contributed by atoms with E-state index in [0.29, 0.717) is 19.1 Å². The molecule has 0 aromatic heterocycles. The maximum Gasteiger partial charge on any atom is 0.234 e. The number of likely N-dealkylation sites (tertiary alicyclic amines) is 1. The molecule has 25 heavy (non-hydrogen) atoms. The minimum absolute atomic E-state index is 0.0462. The van der Waals surface area contributed by atoms with Crippen LogP contribution >= 0.6 is 0 Å². The number of nitrogens with zero attached hydrogens (tertiary/aromatic N) is 1. The molecule has 1 fully saturated rings. The van der Waals surface area contributed by atoms with Crippen LogP contribution in [-0.2, 0) is 11.2 Å². The molecular weight excluding hydrogens is 312 g/mol. The molecule has 2 aromatic rings. The quantitative estimate of drug-likeness (QED) is 0.913. The minimum Gasteiger partial charge on any atom is -0.488 e. The zero-order valence-corrected chi connectivity index (χ0v) is 14.4. The molecule has 0 spiro atoms. The highest BCUT2D eigenvalue weighted by atomic mass is 16.5. The highest BCUT2D eigenvalue weighted by molar-refractivity contribution is 5.78. The Morgan fingerprint density at radius 2 is 1.92 bits per heavy atom. The molecule has 2 aromatic carbocycles. The standard InChI is InChI=1S/C21H24N2O2/c24-21(22-14-18-13-17-9-4-5-11-20(17)25-18)15-23-12-6-10-19(23)16-7-2-1-3-8-16/h1-5,7-9,11,18-19H,6,10,12-15H2,(H,22,24)/t18-,19+/m0/s1. The first-order valence-corrected chi connectivity index (χ1v) is 9.10. The zero-order chi connectivity index (χ0) is 17.1. The van der Waals surface area contributed by atoms with Crippen LogP contribution in [0.4, 0.5) is 0 Å². The predicted molar refractivity (Wildman–Crippen MR) is 97.6 cm³/mol. The van der Waals surface area contributed by atoms with Crippen LogP contribution in [0.25, 0.3) is 0 Å². The normalized spacial score (nSPS) is 22.4. The van der Waals surface area contributed by atoms with Crippen LogP contribution in [-0.4, -0.2) is 36.5 Å². The lowest BCUT2D eigenvalue weighted by Gasteiger charge is -2.24. The second-order valence-corrected chi connectivity index (χ2v) is 6.89. The molecule has 2 heterocycles. The number of amides is 1. The number of carbonyl (C=O) groups is 1. The van der Waals surface area contributed by atoms with Crippen molar-refractivity contribution in [3.8, 4) is 5.75 Å². The number of rotatable bonds is 5. The van der Waals surface area contributed by atoms with Gasteiger partial charge in [0.05, 0.1) is 13.1 Å². The number of nitrogens with one attached hydrogen (secondary N) is 1. The zero-order valence-electron chi connectivity index (χ0n) is 14.4. The molecule has 1 saturated heterocycles. The van der Waals surface area contributed by atoms with Gasteiger partial charge in [0.2, 0.25) is 5.91 Å². The Kier molecular flexibility index (Phi) is 4.70. The van der Waals surface area contributed by atoms with E-state index >= 15 is 0 Å². The Balaban J connectivity index is 1.28. The monoisotopic (exact) mass is 336 g/mol. The SMILES string of the molecule is O=C(CN1CCC[C@@H]1c1ccccc1)NC[C@@H]1Cc2ccccc2O1. The minimum atomic E-state index is 0.0462. The van der Waals surface area contributed by atoms with Crippen LogP contribution in [0.15, 0.2) is 54.6 Å². The Bertz CT molecular complexity index is 707. The van der Waals surface area contributed by atoms with Crippen LogP contribution in [0.3, 0.4) is 0 Å². The van der Waals surface area contributed by atoms with Gasteiger partial charge in [-0.15, -0.1) is 0 Å². The molecule has 2 atom stereocenters. The maximum atomic E-state index is 12.4. The number of ether oxygens (including phenoxy) is 1. The average molecular weight is 336 g/mol. The van der Waals surface area contributed by atoms with Gasteiger partial charge >= 0.3 is 0 Å². The van der Waals surface area contributed by atoms with E-state index in [0.717, 1.165) is 31.6 Å². The lowest BCUT2D eigenvalue weighted by Crippen LogP contribution is -2.41. The van der Waals surface area contributed by atoms with E-state index in [-0.39, 0.29) is 12.0 Å². The number of fused-ring (bicyclic) bond motifs is 1. The van der Waals surface area contributed by atoms with Crippen molar-refractivity contribution in [2.75, 3.05) is 19.6 Å². The average Bonchev–Trinajstić information content (AvgIpc) is 3.27. The lowest BCUT2D eigenvalue weighted by atomic mass is 10.0. The fourth-order valence-electron chi connectivity index (χ4n) is 3.90. The number of carbonyl (C=O) groups excluding carboxylic acids is 1. The molecule has 0 aliphatic carbocycles. The fraction of sp³-hybridized carbons (Fsp3) is 0.381. The third-order valence-electron chi connectivity index (χ3n) is 5.14. The van der Waals surface area contributed by atoms with Gasteiger partial charge in [0, 0.05) is 12.5 Å². The van der Waals surface area contributed by atoms with Crippen molar-refractivity contribution in [1.29, 1.82) is 0 Å². The van der Waals surface area contributed by atoms with Crippen molar-refractivity contribution in [1.82, 2.24) is 10.2 Å². The van der Waals surface area contributed by atoms with Crippen LogP contribution in [0.1, 0.15) is 30.0 Å². The van der Waals surface area contributed by atoms with Crippen molar-refractivity contribution in [2.45, 2.75) is 31.4 Å². The first-order valence-electron chi connectivity index (χ1n) is 9.10. The third-order valence-corrected chi connectivity index (χ3v) is 5.14. The molecule has 2 aliphatic rings. The summed E-state index contributed by atoms with van der Waals surface area (Å²) >= 11 is 0. The second-order valence-electron chi connectivity index (χ2n) is 6.89. The van der Waals surface area contributed by atoms with Gasteiger partial charge in [0.1, 0.15) is 11.9 Å². The van der Waals surface area contributed by atoms with Crippen LogP contribution in [0.5, 0.6) is 5.75 Å². The first-order chi connectivity index (χ1) is 12.3. The summed E-state index contributed by atoms with van der Waals surface area (Å²) in [7, 11) is 0. The van der Waals surface area contributed by atoms with Crippen molar-refractivity contribution >= 4 is 5.91 Å². The molecule has 0 radical (unpaired) electrons. The smallest absolute Gasteiger partial charge is 0.234 e. The van der Waals surface area contributed by atoms with Crippen molar-refractivity contribution in [2.24, 2.45) is 0 Å². The second kappa shape index (κ2) is 7.28. The number of hydrogen-bond acceptors (Lipinski definition) is 3. The van der Waals surface area contributed by atoms with E-state index in [4.69, 9.17) is 4.74 Å². The Morgan fingerprint density at radius 3 is 2.76 bits per heavy atom. The molecule has 4 rings (SSSR count). The molecule has 130 valence electrons. The van der Waals surface area contributed by atoms with E-state index in [2.05, 4.69) is 40.5 Å². The van der Waals surface area contributed by atoms with E-state index in [1.165, 1.54) is 11.1 Å². The van der Waals surface area contributed by atoms with Gasteiger partial charge in [0.25, 0.3) is 0 Å². The van der Waals surface area contributed by atoms with Gasteiger partial charge in [-0.3, -0.25) is 9.69 Å². The van der Waals surface area contributed by atoms with Gasteiger partial charge < -0.3 is 10.1 Å². The molecule has 2 aliphatic heterocycles. The summed E-state index contributed by atoms with van der Waals surface area (Å²) in [6.07, 6.45) is 3.18. The molecule has 1 amide bonds. The Labute approximate surface area is 148 Å². The number of para-hydroxylation sites is 1. The van der Waals surface area contributed by atoms with Gasteiger partial charge in [-0.05, 0) is 36.6 Å². The van der Waals surface area contributed by atoms with E-state index in [1.54, 1.807) is 0 Å². The first kappa shape index (κ1) is 16.2. The summed E-state index contributed by atoms with van der Waals surface area (Å²) < 4.78 is 5.89. The number of benzene rings is 2. The van der Waals surface area contributed by atoms with Gasteiger partial charge in [-0.2, -0.15) is 0 Å². The summed E-state index contributed by atoms with van der Waals surface area (Å²) in [5.74, 6) is 1.04. The van der Waals surface area contributed by atoms with Crippen molar-refractivity contribution < 1.29 is 9.53 Å². The molecule has 4 heteroatoms. The molecule has 4 nitrogen and oxygen atoms in total. The Hall–Kier alpha value is -2.33. The highest BCUT2D eigenvalue weighted by Gasteiger charge is 2.28. The van der Waals surface area contributed by atoms with Crippen LogP contribution in [0, 0.1) is 0 Å². The van der Waals surface area contributed by atoms with E-state index in [1.807, 2.05) is 24.3 Å². The largest absolute Gasteiger partial charge is 0.488 e. The highest BCUT2D eigenvalue weighted by Crippen LogP contribution is 2.31. The fourth-order valence-corrected chi connectivity index (χ4v) is 3.90. The molecule has 1 N–H and O–H groups in total. The van der Waals surface area contributed by atoms with Crippen LogP contribution in [0.2, 0.25) is 0 Å². The summed E-state index contributed by atoms with van der Waals surface area (Å²) in [6.45, 7) is 2.01. The molecule has 0 unspecified atom stereocenters. The van der Waals surface area contributed by atoms with Gasteiger partial charge in [0.15, 0.2) is 0 Å². The van der Waals surface area contributed by atoms with E-state index in [9.17, 15) is 4.79 Å². The van der Waals surface area contributed by atoms with Crippen molar-refractivity contribution in [3.63, 3.8) is 0 Å². The van der Waals surface area contributed by atoms with E-state index < -0.39 is 0 Å². The predicted octanol–water partition coefficient (Wildman–Crippen LogP) is 2.94. The van der Waals surface area contributed by atoms with Crippen LogP contribution < -0.4 is 10.1 Å². The molecule has 0 bridgehead atoms. The van der Waals surface area contributed by atoms with Crippen molar-refractivity contribution in [3.05, 3.63) is 65.7 Å². The summed E-state index contributed by atoms with van der Waals surface area (Å²) in [4.78, 5) is 14.7. The van der Waals surface area contributed by atoms with Gasteiger partial charge in [-0.25, -0.2) is 0 Å². The maximum absolute atomic E-state index is 12.4. The molecular formula is C21H24N2O2. The third kappa shape index (κ3) is 3.69. The summed E-state index contributed by atoms with van der Waals surface area (Å²) in [5.41, 5.74) is 2.54.